The number of carbonyl (C=O) groups is 2. The second-order valence-corrected chi connectivity index (χ2v) is 3.71. The molecule has 2 N–H and O–H groups in total. The van der Waals surface area contributed by atoms with Gasteiger partial charge in [-0.3, -0.25) is 0 Å². The third kappa shape index (κ3) is 3.74. The van der Waals surface area contributed by atoms with Crippen LogP contribution in [-0.4, -0.2) is 35.4 Å². The molecule has 0 aliphatic heterocycles. The number of ether oxygens (including phenoxy) is 2. The normalized spacial score (nSPS) is 9.70. The Balaban J connectivity index is 3.21. The van der Waals surface area contributed by atoms with Crippen molar-refractivity contribution in [2.45, 2.75) is 13.8 Å². The third-order valence-corrected chi connectivity index (χ3v) is 2.34. The fourth-order valence-corrected chi connectivity index (χ4v) is 1.44. The van der Waals surface area contributed by atoms with Crippen LogP contribution in [0.1, 0.15) is 19.4 Å². The zero-order chi connectivity index (χ0) is 15.1. The van der Waals surface area contributed by atoms with E-state index in [9.17, 15) is 19.8 Å². The summed E-state index contributed by atoms with van der Waals surface area (Å²) in [5, 5.41) is 19.1. The summed E-state index contributed by atoms with van der Waals surface area (Å²) < 4.78 is 9.52. The second kappa shape index (κ2) is 7.18. The van der Waals surface area contributed by atoms with E-state index < -0.39 is 17.7 Å². The summed E-state index contributed by atoms with van der Waals surface area (Å²) in [6.45, 7) is 3.40. The Morgan fingerprint density at radius 2 is 1.65 bits per heavy atom. The number of phenolic OH excluding ortho intramolecular Hbond substituents is 2. The minimum Gasteiger partial charge on any atom is -0.504 e. The quantitative estimate of drug-likeness (QED) is 0.280. The van der Waals surface area contributed by atoms with Crippen molar-refractivity contribution in [3.8, 4) is 11.5 Å². The predicted molar refractivity (Wildman–Crippen MR) is 71.0 cm³/mol. The van der Waals surface area contributed by atoms with Gasteiger partial charge in [0.05, 0.1) is 13.2 Å². The number of rotatable bonds is 5. The largest absolute Gasteiger partial charge is 0.504 e. The number of para-hydroxylation sites is 1. The van der Waals surface area contributed by atoms with Gasteiger partial charge in [0, 0.05) is 5.56 Å². The van der Waals surface area contributed by atoms with Gasteiger partial charge < -0.3 is 19.7 Å². The van der Waals surface area contributed by atoms with Crippen molar-refractivity contribution in [3.63, 3.8) is 0 Å². The van der Waals surface area contributed by atoms with Crippen molar-refractivity contribution in [1.82, 2.24) is 0 Å². The number of esters is 2. The van der Waals surface area contributed by atoms with Gasteiger partial charge in [-0.25, -0.2) is 9.59 Å². The van der Waals surface area contributed by atoms with Crippen molar-refractivity contribution in [2.24, 2.45) is 0 Å². The van der Waals surface area contributed by atoms with Crippen LogP contribution in [0.5, 0.6) is 11.5 Å². The highest BCUT2D eigenvalue weighted by Gasteiger charge is 2.21. The van der Waals surface area contributed by atoms with Crippen LogP contribution in [0.3, 0.4) is 0 Å². The van der Waals surface area contributed by atoms with Gasteiger partial charge in [0.25, 0.3) is 0 Å². The van der Waals surface area contributed by atoms with Crippen LogP contribution < -0.4 is 0 Å². The Morgan fingerprint density at radius 3 is 2.15 bits per heavy atom. The summed E-state index contributed by atoms with van der Waals surface area (Å²) in [5.41, 5.74) is -0.240. The summed E-state index contributed by atoms with van der Waals surface area (Å²) in [7, 11) is 0. The Morgan fingerprint density at radius 1 is 1.10 bits per heavy atom. The molecule has 1 aromatic carbocycles. The molecule has 0 unspecified atom stereocenters. The van der Waals surface area contributed by atoms with Gasteiger partial charge >= 0.3 is 11.9 Å². The van der Waals surface area contributed by atoms with E-state index in [0.29, 0.717) is 0 Å². The lowest BCUT2D eigenvalue weighted by molar-refractivity contribution is -0.146. The molecule has 0 fully saturated rings. The van der Waals surface area contributed by atoms with Gasteiger partial charge in [-0.15, -0.1) is 0 Å². The first kappa shape index (κ1) is 15.6. The molecule has 0 aromatic heterocycles. The maximum atomic E-state index is 11.7. The lowest BCUT2D eigenvalue weighted by Gasteiger charge is -2.07. The van der Waals surface area contributed by atoms with E-state index in [1.807, 2.05) is 0 Å². The molecule has 0 saturated carbocycles. The van der Waals surface area contributed by atoms with Crippen LogP contribution in [0.2, 0.25) is 0 Å². The molecular weight excluding hydrogens is 264 g/mol. The minimum atomic E-state index is -0.853. The molecule has 0 radical (unpaired) electrons. The molecule has 6 heteroatoms. The van der Waals surface area contributed by atoms with Gasteiger partial charge in [-0.1, -0.05) is 12.1 Å². The number of hydrogen-bond donors (Lipinski definition) is 2. The fourth-order valence-electron chi connectivity index (χ4n) is 1.44. The van der Waals surface area contributed by atoms with Gasteiger partial charge in [0.15, 0.2) is 11.5 Å². The van der Waals surface area contributed by atoms with E-state index in [4.69, 9.17) is 9.47 Å². The monoisotopic (exact) mass is 280 g/mol. The molecule has 0 spiro atoms. The first-order valence-corrected chi connectivity index (χ1v) is 6.08. The number of benzene rings is 1. The molecule has 0 aliphatic carbocycles. The zero-order valence-electron chi connectivity index (χ0n) is 11.3. The lowest BCUT2D eigenvalue weighted by atomic mass is 10.1. The summed E-state index contributed by atoms with van der Waals surface area (Å²) >= 11 is 0. The summed E-state index contributed by atoms with van der Waals surface area (Å²) in [4.78, 5) is 23.4. The van der Waals surface area contributed by atoms with Gasteiger partial charge in [-0.05, 0) is 26.0 Å². The van der Waals surface area contributed by atoms with E-state index >= 15 is 0 Å². The van der Waals surface area contributed by atoms with Gasteiger partial charge in [0.1, 0.15) is 5.57 Å². The highest BCUT2D eigenvalue weighted by atomic mass is 16.6. The van der Waals surface area contributed by atoms with Crippen LogP contribution in [0.4, 0.5) is 0 Å². The lowest BCUT2D eigenvalue weighted by Crippen LogP contribution is -2.18. The maximum absolute atomic E-state index is 11.7. The molecule has 0 amide bonds. The molecular formula is C14H16O6. The van der Waals surface area contributed by atoms with Crippen molar-refractivity contribution in [1.29, 1.82) is 0 Å². The topological polar surface area (TPSA) is 93.1 Å². The average Bonchev–Trinajstić information content (AvgIpc) is 2.40. The van der Waals surface area contributed by atoms with E-state index in [0.717, 1.165) is 6.08 Å². The Kier molecular flexibility index (Phi) is 5.58. The maximum Gasteiger partial charge on any atom is 0.345 e. The fraction of sp³-hybridized carbons (Fsp3) is 0.286. The highest BCUT2D eigenvalue weighted by Crippen LogP contribution is 2.30. The highest BCUT2D eigenvalue weighted by molar-refractivity contribution is 6.17. The van der Waals surface area contributed by atoms with E-state index in [-0.39, 0.29) is 30.1 Å². The second-order valence-electron chi connectivity index (χ2n) is 3.71. The number of phenols is 2. The van der Waals surface area contributed by atoms with Crippen molar-refractivity contribution in [2.75, 3.05) is 13.2 Å². The summed E-state index contributed by atoms with van der Waals surface area (Å²) in [5.74, 6) is -2.49. The molecule has 0 bridgehead atoms. The van der Waals surface area contributed by atoms with Crippen molar-refractivity contribution < 1.29 is 29.3 Å². The van der Waals surface area contributed by atoms with Gasteiger partial charge in [-0.2, -0.15) is 0 Å². The van der Waals surface area contributed by atoms with E-state index in [1.54, 1.807) is 13.8 Å². The zero-order valence-corrected chi connectivity index (χ0v) is 11.3. The molecule has 0 aliphatic rings. The molecule has 6 nitrogen and oxygen atoms in total. The Hall–Kier alpha value is -2.50. The van der Waals surface area contributed by atoms with Crippen molar-refractivity contribution in [3.05, 3.63) is 29.3 Å². The Labute approximate surface area is 116 Å². The standard InChI is InChI=1S/C14H16O6/c1-3-19-13(17)10(14(18)20-4-2)8-9-6-5-7-11(15)12(9)16/h5-8,15-16H,3-4H2,1-2H3. The molecule has 0 heterocycles. The van der Waals surface area contributed by atoms with Crippen LogP contribution >= 0.6 is 0 Å². The minimum absolute atomic E-state index is 0.0988. The van der Waals surface area contributed by atoms with Crippen LogP contribution in [0.15, 0.2) is 23.8 Å². The Bertz CT molecular complexity index is 512. The summed E-state index contributed by atoms with van der Waals surface area (Å²) in [6, 6.07) is 4.18. The first-order valence-electron chi connectivity index (χ1n) is 6.08. The van der Waals surface area contributed by atoms with E-state index in [2.05, 4.69) is 0 Å². The molecule has 0 saturated heterocycles. The number of aromatic hydroxyl groups is 2. The molecule has 1 aromatic rings. The average molecular weight is 280 g/mol. The van der Waals surface area contributed by atoms with Crippen molar-refractivity contribution >= 4 is 18.0 Å². The van der Waals surface area contributed by atoms with E-state index in [1.165, 1.54) is 18.2 Å². The molecule has 108 valence electrons. The SMILES string of the molecule is CCOC(=O)C(=Cc1cccc(O)c1O)C(=O)OCC. The predicted octanol–water partition coefficient (Wildman–Crippen LogP) is 1.61. The molecule has 1 rings (SSSR count). The van der Waals surface area contributed by atoms with Crippen LogP contribution in [-0.2, 0) is 19.1 Å². The molecule has 0 atom stereocenters. The third-order valence-electron chi connectivity index (χ3n) is 2.34. The molecule has 20 heavy (non-hydrogen) atoms. The van der Waals surface area contributed by atoms with Gasteiger partial charge in [0.2, 0.25) is 0 Å². The van der Waals surface area contributed by atoms with Crippen LogP contribution in [0.25, 0.3) is 6.08 Å². The number of carbonyl (C=O) groups excluding carboxylic acids is 2. The number of hydrogen-bond acceptors (Lipinski definition) is 6. The van der Waals surface area contributed by atoms with Crippen LogP contribution in [0, 0.1) is 0 Å². The first-order chi connectivity index (χ1) is 9.51. The smallest absolute Gasteiger partial charge is 0.345 e. The summed E-state index contributed by atoms with van der Waals surface area (Å²) in [6.07, 6.45) is 1.12.